The largest absolute Gasteiger partial charge is 0.416 e. The maximum absolute atomic E-state index is 12.8. The molecule has 1 heterocycles. The van der Waals surface area contributed by atoms with Crippen LogP contribution < -0.4 is 5.32 Å². The van der Waals surface area contributed by atoms with Crippen molar-refractivity contribution in [2.75, 3.05) is 5.32 Å². The molecule has 27 heavy (non-hydrogen) atoms. The van der Waals surface area contributed by atoms with Crippen molar-refractivity contribution >= 4 is 11.6 Å². The highest BCUT2D eigenvalue weighted by molar-refractivity contribution is 5.90. The fourth-order valence-electron chi connectivity index (χ4n) is 2.22. The molecule has 7 nitrogen and oxygen atoms in total. The zero-order chi connectivity index (χ0) is 19.4. The molecule has 136 valence electrons. The van der Waals surface area contributed by atoms with Crippen molar-refractivity contribution in [3.63, 3.8) is 0 Å². The van der Waals surface area contributed by atoms with Gasteiger partial charge in [0.25, 0.3) is 0 Å². The standard InChI is InChI=1S/C17H11F3N6O/c18-17(19,20)13-3-1-2-12(8-13)16-23-25-26(24-16)10-15(27)22-14-6-4-11(9-21)5-7-14/h1-8H,10H2,(H,22,27). The third-order valence-electron chi connectivity index (χ3n) is 3.48. The number of hydrogen-bond acceptors (Lipinski definition) is 5. The molecule has 1 aromatic heterocycles. The number of hydrogen-bond donors (Lipinski definition) is 1. The van der Waals surface area contributed by atoms with E-state index in [4.69, 9.17) is 5.26 Å². The number of alkyl halides is 3. The molecule has 0 aliphatic heterocycles. The molecule has 2 aromatic carbocycles. The second-order valence-electron chi connectivity index (χ2n) is 5.46. The van der Waals surface area contributed by atoms with Crippen LogP contribution >= 0.6 is 0 Å². The third-order valence-corrected chi connectivity index (χ3v) is 3.48. The molecular formula is C17H11F3N6O. The van der Waals surface area contributed by atoms with E-state index in [0.29, 0.717) is 11.3 Å². The number of benzene rings is 2. The molecule has 0 aliphatic rings. The second kappa shape index (κ2) is 7.25. The van der Waals surface area contributed by atoms with Crippen molar-refractivity contribution in [1.29, 1.82) is 5.26 Å². The molecule has 0 bridgehead atoms. The maximum atomic E-state index is 12.8. The molecule has 0 aliphatic carbocycles. The van der Waals surface area contributed by atoms with E-state index in [1.165, 1.54) is 12.1 Å². The first-order valence-electron chi connectivity index (χ1n) is 7.60. The highest BCUT2D eigenvalue weighted by Crippen LogP contribution is 2.31. The van der Waals surface area contributed by atoms with Crippen LogP contribution in [0, 0.1) is 11.3 Å². The lowest BCUT2D eigenvalue weighted by Gasteiger charge is -2.06. The molecule has 0 saturated carbocycles. The molecular weight excluding hydrogens is 361 g/mol. The van der Waals surface area contributed by atoms with E-state index < -0.39 is 17.6 Å². The molecule has 1 N–H and O–H groups in total. The van der Waals surface area contributed by atoms with E-state index in [2.05, 4.69) is 20.7 Å². The van der Waals surface area contributed by atoms with Crippen LogP contribution in [-0.4, -0.2) is 26.1 Å². The molecule has 0 saturated heterocycles. The number of tetrazole rings is 1. The van der Waals surface area contributed by atoms with E-state index in [1.807, 2.05) is 6.07 Å². The minimum Gasteiger partial charge on any atom is -0.324 e. The Morgan fingerprint density at radius 1 is 1.19 bits per heavy atom. The number of aromatic nitrogens is 4. The minimum absolute atomic E-state index is 0.0210. The van der Waals surface area contributed by atoms with Gasteiger partial charge in [-0.15, -0.1) is 10.2 Å². The lowest BCUT2D eigenvalue weighted by molar-refractivity contribution is -0.137. The van der Waals surface area contributed by atoms with Gasteiger partial charge in [0.1, 0.15) is 6.54 Å². The normalized spacial score (nSPS) is 11.0. The van der Waals surface area contributed by atoms with Gasteiger partial charge in [-0.25, -0.2) is 0 Å². The first kappa shape index (κ1) is 18.1. The number of carbonyl (C=O) groups excluding carboxylic acids is 1. The summed E-state index contributed by atoms with van der Waals surface area (Å²) < 4.78 is 38.3. The fourth-order valence-corrected chi connectivity index (χ4v) is 2.22. The van der Waals surface area contributed by atoms with Crippen molar-refractivity contribution in [3.8, 4) is 17.5 Å². The average Bonchev–Trinajstić information content (AvgIpc) is 3.10. The molecule has 0 unspecified atom stereocenters. The minimum atomic E-state index is -4.48. The number of nitrogens with one attached hydrogen (secondary N) is 1. The zero-order valence-corrected chi connectivity index (χ0v) is 13.6. The predicted octanol–water partition coefficient (Wildman–Crippen LogP) is 2.87. The number of carbonyl (C=O) groups is 1. The lowest BCUT2D eigenvalue weighted by atomic mass is 10.1. The van der Waals surface area contributed by atoms with Crippen molar-refractivity contribution < 1.29 is 18.0 Å². The Morgan fingerprint density at radius 3 is 2.59 bits per heavy atom. The summed E-state index contributed by atoms with van der Waals surface area (Å²) in [5.74, 6) is -0.472. The fraction of sp³-hybridized carbons (Fsp3) is 0.118. The van der Waals surface area contributed by atoms with Crippen LogP contribution in [0.25, 0.3) is 11.4 Å². The van der Waals surface area contributed by atoms with Gasteiger partial charge < -0.3 is 5.32 Å². The summed E-state index contributed by atoms with van der Waals surface area (Å²) >= 11 is 0. The summed E-state index contributed by atoms with van der Waals surface area (Å²) in [6, 6.07) is 12.7. The number of rotatable bonds is 4. The molecule has 1 amide bonds. The highest BCUT2D eigenvalue weighted by Gasteiger charge is 2.30. The Hall–Kier alpha value is -3.74. The Balaban J connectivity index is 1.69. The van der Waals surface area contributed by atoms with Crippen LogP contribution in [0.1, 0.15) is 11.1 Å². The van der Waals surface area contributed by atoms with Crippen LogP contribution in [0.2, 0.25) is 0 Å². The maximum Gasteiger partial charge on any atom is 0.416 e. The third kappa shape index (κ3) is 4.46. The molecule has 0 fully saturated rings. The summed E-state index contributed by atoms with van der Waals surface area (Å²) in [5, 5.41) is 22.6. The predicted molar refractivity (Wildman–Crippen MR) is 88.0 cm³/mol. The molecule has 0 spiro atoms. The van der Waals surface area contributed by atoms with Crippen molar-refractivity contribution in [1.82, 2.24) is 20.2 Å². The molecule has 0 radical (unpaired) electrons. The lowest BCUT2D eigenvalue weighted by Crippen LogP contribution is -2.20. The van der Waals surface area contributed by atoms with E-state index in [0.717, 1.165) is 16.9 Å². The van der Waals surface area contributed by atoms with Crippen molar-refractivity contribution in [2.24, 2.45) is 0 Å². The number of amides is 1. The van der Waals surface area contributed by atoms with Gasteiger partial charge >= 0.3 is 6.18 Å². The Kier molecular flexibility index (Phi) is 4.85. The Labute approximate surface area is 151 Å². The quantitative estimate of drug-likeness (QED) is 0.760. The van der Waals surface area contributed by atoms with Gasteiger partial charge in [-0.1, -0.05) is 12.1 Å². The molecule has 10 heteroatoms. The summed E-state index contributed by atoms with van der Waals surface area (Å²) in [4.78, 5) is 13.0. The van der Waals surface area contributed by atoms with E-state index >= 15 is 0 Å². The van der Waals surface area contributed by atoms with Crippen LogP contribution in [0.15, 0.2) is 48.5 Å². The van der Waals surface area contributed by atoms with Gasteiger partial charge in [-0.05, 0) is 41.6 Å². The van der Waals surface area contributed by atoms with Crippen molar-refractivity contribution in [2.45, 2.75) is 12.7 Å². The Bertz CT molecular complexity index is 1000. The van der Waals surface area contributed by atoms with Crippen LogP contribution in [-0.2, 0) is 17.5 Å². The van der Waals surface area contributed by atoms with E-state index in [1.54, 1.807) is 24.3 Å². The first-order valence-corrected chi connectivity index (χ1v) is 7.60. The van der Waals surface area contributed by atoms with Gasteiger partial charge in [0.15, 0.2) is 0 Å². The van der Waals surface area contributed by atoms with Crippen LogP contribution in [0.3, 0.4) is 0 Å². The number of anilines is 1. The van der Waals surface area contributed by atoms with Gasteiger partial charge in [0, 0.05) is 11.3 Å². The highest BCUT2D eigenvalue weighted by atomic mass is 19.4. The summed E-state index contributed by atoms with van der Waals surface area (Å²) in [7, 11) is 0. The van der Waals surface area contributed by atoms with Gasteiger partial charge in [-0.3, -0.25) is 4.79 Å². The number of nitriles is 1. The SMILES string of the molecule is N#Cc1ccc(NC(=O)Cn2nnc(-c3cccc(C(F)(F)F)c3)n2)cc1. The van der Waals surface area contributed by atoms with Crippen molar-refractivity contribution in [3.05, 3.63) is 59.7 Å². The molecule has 3 aromatic rings. The van der Waals surface area contributed by atoms with Gasteiger partial charge in [0.2, 0.25) is 11.7 Å². The average molecular weight is 372 g/mol. The van der Waals surface area contributed by atoms with Gasteiger partial charge in [0.05, 0.1) is 17.2 Å². The first-order chi connectivity index (χ1) is 12.8. The molecule has 3 rings (SSSR count). The summed E-state index contributed by atoms with van der Waals surface area (Å²) in [6.45, 7) is -0.272. The smallest absolute Gasteiger partial charge is 0.324 e. The number of halogens is 3. The topological polar surface area (TPSA) is 96.5 Å². The number of nitrogens with zero attached hydrogens (tertiary/aromatic N) is 5. The molecule has 0 atom stereocenters. The van der Waals surface area contributed by atoms with E-state index in [9.17, 15) is 18.0 Å². The van der Waals surface area contributed by atoms with Gasteiger partial charge in [-0.2, -0.15) is 23.2 Å². The zero-order valence-electron chi connectivity index (χ0n) is 13.6. The van der Waals surface area contributed by atoms with Crippen LogP contribution in [0.5, 0.6) is 0 Å². The Morgan fingerprint density at radius 2 is 1.93 bits per heavy atom. The second-order valence-corrected chi connectivity index (χ2v) is 5.46. The van der Waals surface area contributed by atoms with E-state index in [-0.39, 0.29) is 17.9 Å². The monoisotopic (exact) mass is 372 g/mol. The summed E-state index contributed by atoms with van der Waals surface area (Å²) in [5.41, 5.74) is 0.257. The van der Waals surface area contributed by atoms with Crippen LogP contribution in [0.4, 0.5) is 18.9 Å². The summed E-state index contributed by atoms with van der Waals surface area (Å²) in [6.07, 6.45) is -4.48.